The van der Waals surface area contributed by atoms with Crippen LogP contribution in [0.1, 0.15) is 0 Å². The number of hydrogen-bond donors (Lipinski definition) is 2. The first-order valence-electron chi connectivity index (χ1n) is 7.48. The van der Waals surface area contributed by atoms with Crippen LogP contribution < -0.4 is 12.4 Å². The summed E-state index contributed by atoms with van der Waals surface area (Å²) in [7, 11) is -8.79. The highest BCUT2D eigenvalue weighted by molar-refractivity contribution is 7.86. The largest absolute Gasteiger partial charge is 1.00 e. The Labute approximate surface area is 171 Å². The van der Waals surface area contributed by atoms with E-state index >= 15 is 0 Å². The first-order chi connectivity index (χ1) is 13.1. The molecule has 0 spiro atoms. The normalized spacial score (nSPS) is 11.9. The Hall–Kier alpha value is -2.95. The molecule has 0 saturated carbocycles. The van der Waals surface area contributed by atoms with E-state index in [-0.39, 0.29) is 44.6 Å². The molecule has 29 heavy (non-hydrogen) atoms. The minimum atomic E-state index is -4.46. The van der Waals surface area contributed by atoms with Crippen molar-refractivity contribution < 1.29 is 38.3 Å². The van der Waals surface area contributed by atoms with Gasteiger partial charge in [0.2, 0.25) is 5.39 Å². The molecule has 0 heterocycles. The summed E-state index contributed by atoms with van der Waals surface area (Å²) in [6.45, 7) is 0. The molecular formula is C16H11ClN4O6S2. The second-order valence-electron chi connectivity index (χ2n) is 5.56. The lowest BCUT2D eigenvalue weighted by Gasteiger charge is -2.02. The lowest BCUT2D eigenvalue weighted by Crippen LogP contribution is -3.00. The van der Waals surface area contributed by atoms with E-state index in [1.807, 2.05) is 0 Å². The molecule has 0 aliphatic carbocycles. The first kappa shape index (κ1) is 22.3. The maximum Gasteiger partial charge on any atom is 0.392 e. The Bertz CT molecular complexity index is 1370. The van der Waals surface area contributed by atoms with Gasteiger partial charge in [-0.2, -0.15) is 21.9 Å². The highest BCUT2D eigenvalue weighted by atomic mass is 35.5. The van der Waals surface area contributed by atoms with E-state index in [4.69, 9.17) is 9.95 Å². The molecule has 0 saturated heterocycles. The molecule has 0 atom stereocenters. The van der Waals surface area contributed by atoms with E-state index in [9.17, 15) is 21.4 Å². The summed E-state index contributed by atoms with van der Waals surface area (Å²) in [4.78, 5) is 2.44. The maximum absolute atomic E-state index is 11.4. The predicted molar refractivity (Wildman–Crippen MR) is 98.9 cm³/mol. The number of benzene rings is 3. The van der Waals surface area contributed by atoms with Crippen molar-refractivity contribution in [1.82, 2.24) is 0 Å². The predicted octanol–water partition coefficient (Wildman–Crippen LogP) is 1.24. The molecule has 0 aliphatic rings. The smallest absolute Gasteiger partial charge is 0.392 e. The van der Waals surface area contributed by atoms with Gasteiger partial charge in [-0.1, -0.05) is 0 Å². The second kappa shape index (κ2) is 8.19. The zero-order valence-corrected chi connectivity index (χ0v) is 16.6. The van der Waals surface area contributed by atoms with E-state index in [0.29, 0.717) is 5.39 Å². The Balaban J connectivity index is 0.00000300. The Morgan fingerprint density at radius 1 is 0.759 bits per heavy atom. The van der Waals surface area contributed by atoms with Crippen molar-refractivity contribution in [3.63, 3.8) is 0 Å². The van der Waals surface area contributed by atoms with Crippen molar-refractivity contribution in [3.05, 3.63) is 59.6 Å². The fourth-order valence-electron chi connectivity index (χ4n) is 2.43. The first-order valence-corrected chi connectivity index (χ1v) is 10.4. The fraction of sp³-hybridized carbons (Fsp3) is 0. The Kier molecular flexibility index (Phi) is 6.31. The lowest BCUT2D eigenvalue weighted by molar-refractivity contribution is -0.0000140. The third kappa shape index (κ3) is 4.91. The molecule has 0 aliphatic heterocycles. The van der Waals surface area contributed by atoms with Gasteiger partial charge in [0.15, 0.2) is 4.98 Å². The summed E-state index contributed by atoms with van der Waals surface area (Å²) in [5.74, 6) is 0. The average molecular weight is 455 g/mol. The van der Waals surface area contributed by atoms with Crippen LogP contribution in [0.5, 0.6) is 0 Å². The molecular weight excluding hydrogens is 444 g/mol. The van der Waals surface area contributed by atoms with Gasteiger partial charge in [-0.05, 0) is 48.5 Å². The van der Waals surface area contributed by atoms with E-state index in [2.05, 4.69) is 15.2 Å². The van der Waals surface area contributed by atoms with Crippen LogP contribution in [0.2, 0.25) is 0 Å². The van der Waals surface area contributed by atoms with Crippen molar-refractivity contribution >= 4 is 48.1 Å². The van der Waals surface area contributed by atoms with E-state index < -0.39 is 20.2 Å². The molecule has 0 amide bonds. The van der Waals surface area contributed by atoms with Crippen LogP contribution in [-0.2, 0) is 20.2 Å². The summed E-state index contributed by atoms with van der Waals surface area (Å²) in [5, 5.41) is 17.7. The molecule has 2 N–H and O–H groups in total. The van der Waals surface area contributed by atoms with Crippen molar-refractivity contribution in [1.29, 1.82) is 5.39 Å². The van der Waals surface area contributed by atoms with Gasteiger partial charge in [0, 0.05) is 11.5 Å². The average Bonchev–Trinajstić information content (AvgIpc) is 2.64. The monoisotopic (exact) mass is 454 g/mol. The minimum Gasteiger partial charge on any atom is -1.00 e. The van der Waals surface area contributed by atoms with E-state index in [1.165, 1.54) is 30.3 Å². The molecule has 0 fully saturated rings. The van der Waals surface area contributed by atoms with Crippen LogP contribution in [-0.4, -0.2) is 25.9 Å². The fourth-order valence-corrected chi connectivity index (χ4v) is 3.41. The van der Waals surface area contributed by atoms with Gasteiger partial charge >= 0.3 is 5.69 Å². The van der Waals surface area contributed by atoms with Gasteiger partial charge in [-0.3, -0.25) is 9.11 Å². The van der Waals surface area contributed by atoms with Crippen molar-refractivity contribution in [3.8, 4) is 0 Å². The van der Waals surface area contributed by atoms with Crippen LogP contribution in [0.25, 0.3) is 15.7 Å². The van der Waals surface area contributed by atoms with Crippen LogP contribution in [0, 0.1) is 5.39 Å². The minimum absolute atomic E-state index is 0. The lowest BCUT2D eigenvalue weighted by atomic mass is 10.1. The summed E-state index contributed by atoms with van der Waals surface area (Å²) >= 11 is 0. The van der Waals surface area contributed by atoms with Gasteiger partial charge in [0.05, 0.1) is 26.6 Å². The van der Waals surface area contributed by atoms with Gasteiger partial charge in [0.1, 0.15) is 0 Å². The number of fused-ring (bicyclic) bond motifs is 1. The van der Waals surface area contributed by atoms with Crippen LogP contribution in [0.4, 0.5) is 17.1 Å². The number of nitrogens with zero attached hydrogens (tertiary/aromatic N) is 4. The number of halogens is 1. The number of diazo groups is 1. The summed E-state index contributed by atoms with van der Waals surface area (Å²) < 4.78 is 63.1. The van der Waals surface area contributed by atoms with Gasteiger partial charge in [-0.15, -0.1) is 5.11 Å². The zero-order chi connectivity index (χ0) is 20.5. The summed E-state index contributed by atoms with van der Waals surface area (Å²) in [6.07, 6.45) is 0. The molecule has 3 rings (SSSR count). The molecule has 0 bridgehead atoms. The molecule has 0 aromatic heterocycles. The number of rotatable bonds is 4. The van der Waals surface area contributed by atoms with Crippen molar-refractivity contribution in [2.45, 2.75) is 9.79 Å². The summed E-state index contributed by atoms with van der Waals surface area (Å²) in [6, 6.07) is 11.5. The molecule has 150 valence electrons. The SMILES string of the molecule is N#[N+]c1ccc(N=Nc2ccc(S(=O)(=O)O)cc2)c2cc(S(=O)(=O)O)ccc12.[Cl-]. The van der Waals surface area contributed by atoms with Gasteiger partial charge < -0.3 is 12.4 Å². The molecule has 0 unspecified atom stereocenters. The standard InChI is InChI=1S/C16H10N4O6S2.ClH/c17-18-15-7-8-16(14-9-12(28(24,25)26)5-6-13(14)15)20-19-10-1-3-11(4-2-10)27(21,22)23;/h1-9H,(H-,21,22,23,24,25,26);1H. The van der Waals surface area contributed by atoms with Crippen molar-refractivity contribution in [2.24, 2.45) is 10.2 Å². The number of hydrogen-bond acceptors (Lipinski definition) is 7. The van der Waals surface area contributed by atoms with E-state index in [1.54, 1.807) is 0 Å². The molecule has 13 heteroatoms. The third-order valence-corrected chi connectivity index (χ3v) is 5.47. The highest BCUT2D eigenvalue weighted by Crippen LogP contribution is 2.36. The van der Waals surface area contributed by atoms with Crippen LogP contribution in [0.15, 0.2) is 74.6 Å². The quantitative estimate of drug-likeness (QED) is 0.340. The second-order valence-corrected chi connectivity index (χ2v) is 8.40. The molecule has 10 nitrogen and oxygen atoms in total. The number of azo groups is 1. The van der Waals surface area contributed by atoms with Crippen molar-refractivity contribution in [2.75, 3.05) is 0 Å². The van der Waals surface area contributed by atoms with E-state index in [0.717, 1.165) is 24.3 Å². The maximum atomic E-state index is 11.4. The molecule has 0 radical (unpaired) electrons. The molecule has 3 aromatic carbocycles. The zero-order valence-electron chi connectivity index (χ0n) is 14.2. The van der Waals surface area contributed by atoms with Crippen LogP contribution in [0.3, 0.4) is 0 Å². The molecule has 3 aromatic rings. The third-order valence-electron chi connectivity index (χ3n) is 3.76. The van der Waals surface area contributed by atoms with Gasteiger partial charge in [-0.25, -0.2) is 0 Å². The van der Waals surface area contributed by atoms with Gasteiger partial charge in [0.25, 0.3) is 20.2 Å². The Morgan fingerprint density at radius 2 is 1.34 bits per heavy atom. The van der Waals surface area contributed by atoms with Crippen LogP contribution >= 0.6 is 0 Å². The topological polar surface area (TPSA) is 162 Å². The summed E-state index contributed by atoms with van der Waals surface area (Å²) in [5.41, 5.74) is 0.641. The highest BCUT2D eigenvalue weighted by Gasteiger charge is 2.18. The Morgan fingerprint density at radius 3 is 1.90 bits per heavy atom.